The van der Waals surface area contributed by atoms with Crippen molar-refractivity contribution >= 4 is 72.0 Å². The first-order valence-electron chi connectivity index (χ1n) is 12.7. The number of nitrogens with two attached hydrogens (primary N) is 2. The number of nitrogen functional groups attached to an aromatic ring is 2. The molecule has 6 heterocycles. The van der Waals surface area contributed by atoms with Crippen molar-refractivity contribution in [2.24, 2.45) is 0 Å². The monoisotopic (exact) mass is 674 g/mol. The number of hydrogen-bond donors (Lipinski definition) is 6. The van der Waals surface area contributed by atoms with E-state index in [0.29, 0.717) is 16.9 Å². The van der Waals surface area contributed by atoms with E-state index in [9.17, 15) is 19.4 Å². The van der Waals surface area contributed by atoms with Gasteiger partial charge in [0.2, 0.25) is 5.95 Å². The number of aromatic amines is 1. The van der Waals surface area contributed by atoms with Gasteiger partial charge in [0, 0.05) is 12.6 Å². The molecule has 18 nitrogen and oxygen atoms in total. The lowest BCUT2D eigenvalue weighted by molar-refractivity contribution is -0.0481. The Morgan fingerprint density at radius 1 is 1.28 bits per heavy atom. The number of anilines is 2. The van der Waals surface area contributed by atoms with Gasteiger partial charge in [0.25, 0.3) is 5.56 Å². The van der Waals surface area contributed by atoms with E-state index in [2.05, 4.69) is 37.2 Å². The summed E-state index contributed by atoms with van der Waals surface area (Å²) in [5.74, 6) is 0.160. The molecule has 2 aliphatic rings. The summed E-state index contributed by atoms with van der Waals surface area (Å²) in [6.07, 6.45) is 0.242. The second kappa shape index (κ2) is 12.1. The first kappa shape index (κ1) is 30.4. The zero-order valence-electron chi connectivity index (χ0n) is 21.9. The number of H-pyrrole nitrogens is 1. The molecule has 43 heavy (non-hydrogen) atoms. The van der Waals surface area contributed by atoms with E-state index in [1.807, 2.05) is 0 Å². The topological polar surface area (TPSA) is 250 Å². The second-order valence-corrected chi connectivity index (χ2v) is 14.2. The van der Waals surface area contributed by atoms with Crippen molar-refractivity contribution in [2.75, 3.05) is 31.3 Å². The molecule has 0 spiro atoms. The Bertz CT molecular complexity index is 1790. The fourth-order valence-electron chi connectivity index (χ4n) is 5.21. The third-order valence-electron chi connectivity index (χ3n) is 7.08. The molecule has 2 saturated heterocycles. The normalized spacial score (nSPS) is 27.7. The van der Waals surface area contributed by atoms with Gasteiger partial charge in [-0.3, -0.25) is 14.3 Å². The first-order valence-corrected chi connectivity index (χ1v) is 17.6. The first-order chi connectivity index (χ1) is 20.5. The highest BCUT2D eigenvalue weighted by Crippen LogP contribution is 2.50. The van der Waals surface area contributed by atoms with Crippen molar-refractivity contribution < 1.29 is 37.6 Å². The van der Waals surface area contributed by atoms with Gasteiger partial charge in [-0.15, -0.1) is 4.52 Å². The highest BCUT2D eigenvalue weighted by atomic mass is 32.7. The lowest BCUT2D eigenvalue weighted by atomic mass is 10.1. The van der Waals surface area contributed by atoms with Crippen LogP contribution in [0, 0.1) is 0 Å². The predicted octanol–water partition coefficient (Wildman–Crippen LogP) is 0.540. The quantitative estimate of drug-likeness (QED) is 0.0992. The fourth-order valence-corrected chi connectivity index (χ4v) is 7.47. The summed E-state index contributed by atoms with van der Waals surface area (Å²) in [4.78, 5) is 42.1. The van der Waals surface area contributed by atoms with E-state index in [1.165, 1.54) is 17.2 Å². The smallest absolute Gasteiger partial charge is 0.394 e. The van der Waals surface area contributed by atoms with Gasteiger partial charge in [-0.1, -0.05) is 0 Å². The van der Waals surface area contributed by atoms with E-state index < -0.39 is 56.2 Å². The molecule has 0 aliphatic carbocycles. The molecule has 230 valence electrons. The lowest BCUT2D eigenvalue weighted by Gasteiger charge is -2.26. The molecule has 0 aromatic carbocycles. The number of rotatable bonds is 10. The number of aromatic nitrogens is 7. The Hall–Kier alpha value is -2.61. The predicted molar refractivity (Wildman–Crippen MR) is 158 cm³/mol. The SMILES string of the molecule is Nc1nc2c(ncn2[C@@H]2O[C@H](CO)C[C@H]2OP(O)(=S)OC[C@H]2OCC(n3ccc4c(N)ncnc43)[C@H]2O[P+](=O)S)c(=O)[nH]1. The standard InChI is InChI=1S/C21H25N9O9P2S2/c22-16-10-1-2-29(17(10)25-7-24-16)11-5-35-13(15(11)38-40(33)42)6-36-41(34,43)39-12-3-9(4-31)37-20(12)30-8-26-14-18(30)27-21(23)28-19(14)32/h1-2,7-9,11-13,15,20,31H,3-6H2,(H6-,22,23,24,25,27,28,32,33,34,42,43)/p+1/t9-,11?,12+,13+,15+,20+,41?/m0/s1. The summed E-state index contributed by atoms with van der Waals surface area (Å²) in [5.41, 5.74) is 11.8. The maximum atomic E-state index is 12.2. The Labute approximate surface area is 252 Å². The fraction of sp³-hybridized carbons (Fsp3) is 0.476. The van der Waals surface area contributed by atoms with Gasteiger partial charge < -0.3 is 44.6 Å². The average Bonchev–Trinajstić information content (AvgIpc) is 3.72. The molecular formula is C21H26N9O9P2S2+. The Balaban J connectivity index is 1.19. The molecule has 0 amide bonds. The van der Waals surface area contributed by atoms with Crippen LogP contribution in [0.4, 0.5) is 11.8 Å². The summed E-state index contributed by atoms with van der Waals surface area (Å²) >= 11 is 9.22. The minimum atomic E-state index is -3.98. The molecule has 22 heteroatoms. The number of imidazole rings is 1. The number of thiol groups is 1. The zero-order chi connectivity index (χ0) is 30.5. The van der Waals surface area contributed by atoms with Crippen molar-refractivity contribution in [3.63, 3.8) is 0 Å². The molecule has 7 N–H and O–H groups in total. The minimum absolute atomic E-state index is 0.00908. The maximum absolute atomic E-state index is 12.2. The van der Waals surface area contributed by atoms with Gasteiger partial charge in [0.1, 0.15) is 42.2 Å². The van der Waals surface area contributed by atoms with Crippen LogP contribution in [0.25, 0.3) is 22.2 Å². The second-order valence-electron chi connectivity index (χ2n) is 9.72. The summed E-state index contributed by atoms with van der Waals surface area (Å²) < 4.78 is 44.1. The summed E-state index contributed by atoms with van der Waals surface area (Å²) in [6.45, 7) is -4.50. The van der Waals surface area contributed by atoms with Crippen molar-refractivity contribution in [3.05, 3.63) is 35.3 Å². The third-order valence-corrected chi connectivity index (χ3v) is 9.37. The van der Waals surface area contributed by atoms with Gasteiger partial charge in [0.05, 0.1) is 43.7 Å². The van der Waals surface area contributed by atoms with Crippen LogP contribution in [-0.2, 0) is 39.4 Å². The lowest BCUT2D eigenvalue weighted by Crippen LogP contribution is -2.33. The summed E-state index contributed by atoms with van der Waals surface area (Å²) in [5, 5.41) is 10.4. The van der Waals surface area contributed by atoms with Crippen LogP contribution in [-0.4, -0.2) is 88.3 Å². The van der Waals surface area contributed by atoms with E-state index in [4.69, 9.17) is 46.3 Å². The molecule has 2 fully saturated rings. The minimum Gasteiger partial charge on any atom is -0.394 e. The number of ether oxygens (including phenoxy) is 2. The Morgan fingerprint density at radius 3 is 2.86 bits per heavy atom. The van der Waals surface area contributed by atoms with E-state index >= 15 is 0 Å². The molecule has 0 bridgehead atoms. The largest absolute Gasteiger partial charge is 0.582 e. The maximum Gasteiger partial charge on any atom is 0.582 e. The van der Waals surface area contributed by atoms with E-state index in [1.54, 1.807) is 16.8 Å². The Kier molecular flexibility index (Phi) is 8.53. The summed E-state index contributed by atoms with van der Waals surface area (Å²) in [6, 6.07) is 1.25. The van der Waals surface area contributed by atoms with Gasteiger partial charge in [-0.25, -0.2) is 15.0 Å². The highest BCUT2D eigenvalue weighted by molar-refractivity contribution is 8.39. The van der Waals surface area contributed by atoms with E-state index in [0.717, 1.165) is 0 Å². The van der Waals surface area contributed by atoms with Gasteiger partial charge in [0.15, 0.2) is 23.5 Å². The van der Waals surface area contributed by atoms with Crippen molar-refractivity contribution in [1.29, 1.82) is 0 Å². The van der Waals surface area contributed by atoms with E-state index in [-0.39, 0.29) is 43.4 Å². The zero-order valence-corrected chi connectivity index (χ0v) is 25.4. The molecule has 4 aromatic heterocycles. The third kappa shape index (κ3) is 6.05. The van der Waals surface area contributed by atoms with Crippen LogP contribution in [0.2, 0.25) is 0 Å². The molecular weight excluding hydrogens is 648 g/mol. The number of fused-ring (bicyclic) bond motifs is 2. The number of aliphatic hydroxyl groups is 1. The van der Waals surface area contributed by atoms with Crippen LogP contribution in [0.1, 0.15) is 18.7 Å². The number of hydrogen-bond acceptors (Lipinski definition) is 15. The van der Waals surface area contributed by atoms with Gasteiger partial charge >= 0.3 is 13.9 Å². The molecule has 4 aromatic rings. The van der Waals surface area contributed by atoms with Gasteiger partial charge in [-0.2, -0.15) is 4.98 Å². The number of nitrogens with zero attached hydrogens (tertiary/aromatic N) is 6. The number of aliphatic hydroxyl groups excluding tert-OH is 1. The van der Waals surface area contributed by atoms with Crippen molar-refractivity contribution in [2.45, 2.75) is 43.1 Å². The molecule has 8 atom stereocenters. The summed E-state index contributed by atoms with van der Waals surface area (Å²) in [7, 11) is -2.35. The Morgan fingerprint density at radius 2 is 2.09 bits per heavy atom. The van der Waals surface area contributed by atoms with Crippen LogP contribution < -0.4 is 17.0 Å². The van der Waals surface area contributed by atoms with Crippen molar-refractivity contribution in [3.8, 4) is 0 Å². The highest BCUT2D eigenvalue weighted by Gasteiger charge is 2.46. The number of nitrogens with one attached hydrogen (secondary N) is 1. The molecule has 3 unspecified atom stereocenters. The molecule has 0 saturated carbocycles. The molecule has 6 rings (SSSR count). The van der Waals surface area contributed by atoms with Crippen molar-refractivity contribution in [1.82, 2.24) is 34.1 Å². The molecule has 0 radical (unpaired) electrons. The molecule has 2 aliphatic heterocycles. The van der Waals surface area contributed by atoms with Crippen LogP contribution >= 0.6 is 26.2 Å². The average molecular weight is 675 g/mol. The van der Waals surface area contributed by atoms with Gasteiger partial charge in [-0.05, 0) is 22.4 Å². The van der Waals surface area contributed by atoms with Crippen LogP contribution in [0.3, 0.4) is 0 Å². The van der Waals surface area contributed by atoms with Crippen LogP contribution in [0.15, 0.2) is 29.7 Å². The van der Waals surface area contributed by atoms with Crippen LogP contribution in [0.5, 0.6) is 0 Å².